The molecule has 104 valence electrons. The van der Waals surface area contributed by atoms with Crippen LogP contribution in [-0.2, 0) is 11.8 Å². The van der Waals surface area contributed by atoms with E-state index in [2.05, 4.69) is 20.7 Å². The third kappa shape index (κ3) is 2.51. The summed E-state index contributed by atoms with van der Waals surface area (Å²) in [6, 6.07) is -0.839. The van der Waals surface area contributed by atoms with Gasteiger partial charge in [0.25, 0.3) is 0 Å². The van der Waals surface area contributed by atoms with Gasteiger partial charge in [0.15, 0.2) is 0 Å². The van der Waals surface area contributed by atoms with E-state index in [1.807, 2.05) is 0 Å². The maximum absolute atomic E-state index is 11.8. The van der Waals surface area contributed by atoms with E-state index in [1.54, 1.807) is 14.0 Å². The van der Waals surface area contributed by atoms with E-state index in [1.165, 1.54) is 11.0 Å². The minimum Gasteiger partial charge on any atom is -0.481 e. The second kappa shape index (κ2) is 4.87. The number of carbonyl (C=O) groups is 2. The Balaban J connectivity index is 1.99. The third-order valence-corrected chi connectivity index (χ3v) is 3.69. The fourth-order valence-electron chi connectivity index (χ4n) is 2.36. The highest BCUT2D eigenvalue weighted by Crippen LogP contribution is 2.38. The lowest BCUT2D eigenvalue weighted by Gasteiger charge is -2.27. The lowest BCUT2D eigenvalue weighted by molar-refractivity contribution is -0.148. The van der Waals surface area contributed by atoms with Gasteiger partial charge in [0.05, 0.1) is 5.41 Å². The van der Waals surface area contributed by atoms with E-state index in [9.17, 15) is 14.7 Å². The molecule has 2 amide bonds. The zero-order chi connectivity index (χ0) is 14.0. The molecule has 2 rings (SSSR count). The molecule has 1 saturated carbocycles. The molecule has 0 spiro atoms. The number of hydrogen-bond donors (Lipinski definition) is 3. The van der Waals surface area contributed by atoms with E-state index in [4.69, 9.17) is 0 Å². The molecule has 2 unspecified atom stereocenters. The fraction of sp³-hybridized carbons (Fsp3) is 0.636. The van der Waals surface area contributed by atoms with Gasteiger partial charge in [-0.1, -0.05) is 6.42 Å². The van der Waals surface area contributed by atoms with Crippen LogP contribution in [0.1, 0.15) is 26.2 Å². The van der Waals surface area contributed by atoms with E-state index < -0.39 is 17.4 Å². The van der Waals surface area contributed by atoms with Crippen molar-refractivity contribution in [3.63, 3.8) is 0 Å². The Bertz CT molecular complexity index is 500. The predicted octanol–water partition coefficient (Wildman–Crippen LogP) is 0.580. The number of amides is 2. The van der Waals surface area contributed by atoms with Crippen LogP contribution in [0.25, 0.3) is 0 Å². The quantitative estimate of drug-likeness (QED) is 0.742. The minimum absolute atomic E-state index is 0.313. The highest BCUT2D eigenvalue weighted by molar-refractivity contribution is 5.88. The fourth-order valence-corrected chi connectivity index (χ4v) is 2.36. The summed E-state index contributed by atoms with van der Waals surface area (Å²) >= 11 is 0. The van der Waals surface area contributed by atoms with Gasteiger partial charge in [0, 0.05) is 13.1 Å². The van der Waals surface area contributed by atoms with Crippen molar-refractivity contribution in [2.45, 2.75) is 32.2 Å². The number of aryl methyl sites for hydroxylation is 1. The lowest BCUT2D eigenvalue weighted by Crippen LogP contribution is -2.48. The van der Waals surface area contributed by atoms with Crippen LogP contribution in [0, 0.1) is 5.41 Å². The van der Waals surface area contributed by atoms with Crippen molar-refractivity contribution in [2.75, 3.05) is 5.32 Å². The molecular formula is C11H17N5O3. The molecule has 8 nitrogen and oxygen atoms in total. The summed E-state index contributed by atoms with van der Waals surface area (Å²) in [4.78, 5) is 27.0. The Morgan fingerprint density at radius 1 is 1.58 bits per heavy atom. The number of rotatable bonds is 3. The average molecular weight is 267 g/mol. The van der Waals surface area contributed by atoms with Crippen LogP contribution in [0.15, 0.2) is 6.33 Å². The highest BCUT2D eigenvalue weighted by atomic mass is 16.4. The number of hydrogen-bond acceptors (Lipinski definition) is 4. The Morgan fingerprint density at radius 2 is 2.32 bits per heavy atom. The van der Waals surface area contributed by atoms with E-state index in [0.717, 1.165) is 6.42 Å². The number of urea groups is 1. The van der Waals surface area contributed by atoms with Crippen molar-refractivity contribution >= 4 is 17.9 Å². The van der Waals surface area contributed by atoms with Crippen LogP contribution in [-0.4, -0.2) is 37.9 Å². The Labute approximate surface area is 110 Å². The first kappa shape index (κ1) is 13.3. The molecule has 0 saturated heterocycles. The summed E-state index contributed by atoms with van der Waals surface area (Å²) in [5, 5.41) is 18.3. The van der Waals surface area contributed by atoms with Gasteiger partial charge in [-0.15, -0.1) is 0 Å². The number of nitrogens with zero attached hydrogens (tertiary/aromatic N) is 3. The van der Waals surface area contributed by atoms with Gasteiger partial charge < -0.3 is 10.4 Å². The number of anilines is 1. The van der Waals surface area contributed by atoms with Crippen molar-refractivity contribution in [3.05, 3.63) is 6.33 Å². The standard InChI is InChI=1S/C11H17N5O3/c1-11(8(17)18)5-3-4-7(11)14-10(19)15-9-12-6-13-16(9)2/h6-7H,3-5H2,1-2H3,(H,17,18)(H2,12,13,14,15,19). The van der Waals surface area contributed by atoms with E-state index in [0.29, 0.717) is 18.8 Å². The van der Waals surface area contributed by atoms with Gasteiger partial charge in [-0.2, -0.15) is 10.1 Å². The van der Waals surface area contributed by atoms with E-state index >= 15 is 0 Å². The summed E-state index contributed by atoms with van der Waals surface area (Å²) in [6.45, 7) is 1.66. The number of aromatic nitrogens is 3. The van der Waals surface area contributed by atoms with Gasteiger partial charge >= 0.3 is 12.0 Å². The Hall–Kier alpha value is -2.12. The Kier molecular flexibility index (Phi) is 3.41. The van der Waals surface area contributed by atoms with Gasteiger partial charge in [0.1, 0.15) is 6.33 Å². The second-order valence-electron chi connectivity index (χ2n) is 4.97. The van der Waals surface area contributed by atoms with Gasteiger partial charge in [-0.25, -0.2) is 9.48 Å². The van der Waals surface area contributed by atoms with Gasteiger partial charge in [0.2, 0.25) is 5.95 Å². The van der Waals surface area contributed by atoms with Crippen LogP contribution in [0.4, 0.5) is 10.7 Å². The molecule has 0 radical (unpaired) electrons. The maximum atomic E-state index is 11.8. The zero-order valence-electron chi connectivity index (χ0n) is 10.9. The van der Waals surface area contributed by atoms with Crippen LogP contribution in [0.2, 0.25) is 0 Å². The first-order chi connectivity index (χ1) is 8.93. The molecule has 1 heterocycles. The molecular weight excluding hydrogens is 250 g/mol. The molecule has 0 aliphatic heterocycles. The molecule has 3 N–H and O–H groups in total. The molecule has 1 aromatic heterocycles. The Morgan fingerprint density at radius 3 is 2.89 bits per heavy atom. The summed E-state index contributed by atoms with van der Waals surface area (Å²) in [5.74, 6) is -0.568. The molecule has 19 heavy (non-hydrogen) atoms. The van der Waals surface area contributed by atoms with E-state index in [-0.39, 0.29) is 6.04 Å². The average Bonchev–Trinajstić information content (AvgIpc) is 2.88. The second-order valence-corrected chi connectivity index (χ2v) is 4.97. The maximum Gasteiger partial charge on any atom is 0.321 e. The monoisotopic (exact) mass is 267 g/mol. The summed E-state index contributed by atoms with van der Waals surface area (Å²) in [7, 11) is 1.65. The first-order valence-electron chi connectivity index (χ1n) is 6.08. The summed E-state index contributed by atoms with van der Waals surface area (Å²) in [6.07, 6.45) is 3.34. The minimum atomic E-state index is -0.906. The summed E-state index contributed by atoms with van der Waals surface area (Å²) in [5.41, 5.74) is -0.906. The van der Waals surface area contributed by atoms with Crippen LogP contribution in [0.5, 0.6) is 0 Å². The molecule has 1 fully saturated rings. The SMILES string of the molecule is Cn1ncnc1NC(=O)NC1CCCC1(C)C(=O)O. The van der Waals surface area contributed by atoms with Crippen molar-refractivity contribution in [1.29, 1.82) is 0 Å². The van der Waals surface area contributed by atoms with Crippen LogP contribution >= 0.6 is 0 Å². The molecule has 1 aromatic rings. The number of carbonyl (C=O) groups excluding carboxylic acids is 1. The molecule has 1 aliphatic rings. The largest absolute Gasteiger partial charge is 0.481 e. The number of nitrogens with one attached hydrogen (secondary N) is 2. The van der Waals surface area contributed by atoms with Crippen LogP contribution in [0.3, 0.4) is 0 Å². The van der Waals surface area contributed by atoms with Crippen molar-refractivity contribution in [1.82, 2.24) is 20.1 Å². The van der Waals surface area contributed by atoms with Crippen molar-refractivity contribution in [2.24, 2.45) is 12.5 Å². The van der Waals surface area contributed by atoms with Gasteiger partial charge in [-0.3, -0.25) is 10.1 Å². The molecule has 0 aromatic carbocycles. The molecule has 1 aliphatic carbocycles. The van der Waals surface area contributed by atoms with Crippen LogP contribution < -0.4 is 10.6 Å². The van der Waals surface area contributed by atoms with Crippen molar-refractivity contribution in [3.8, 4) is 0 Å². The number of carboxylic acids is 1. The molecule has 0 bridgehead atoms. The molecule has 8 heteroatoms. The summed E-state index contributed by atoms with van der Waals surface area (Å²) < 4.78 is 1.42. The smallest absolute Gasteiger partial charge is 0.321 e. The first-order valence-corrected chi connectivity index (χ1v) is 6.08. The van der Waals surface area contributed by atoms with Gasteiger partial charge in [-0.05, 0) is 19.8 Å². The predicted molar refractivity (Wildman–Crippen MR) is 66.5 cm³/mol. The van der Waals surface area contributed by atoms with Crippen molar-refractivity contribution < 1.29 is 14.7 Å². The topological polar surface area (TPSA) is 109 Å². The third-order valence-electron chi connectivity index (χ3n) is 3.69. The lowest BCUT2D eigenvalue weighted by atomic mass is 9.85. The highest BCUT2D eigenvalue weighted by Gasteiger charge is 2.45. The number of carboxylic acid groups (broad SMARTS) is 1. The number of aliphatic carboxylic acids is 1. The normalized spacial score (nSPS) is 26.1. The molecule has 2 atom stereocenters. The zero-order valence-corrected chi connectivity index (χ0v) is 10.9.